The lowest BCUT2D eigenvalue weighted by Crippen LogP contribution is -2.35. The molecule has 0 spiro atoms. The number of carbonyl (C=O) groups is 1. The average molecular weight is 330 g/mol. The summed E-state index contributed by atoms with van der Waals surface area (Å²) in [6.07, 6.45) is 2.35. The lowest BCUT2D eigenvalue weighted by atomic mass is 10.1. The number of nitrogens with one attached hydrogen (secondary N) is 1. The van der Waals surface area contributed by atoms with Crippen molar-refractivity contribution in [3.8, 4) is 0 Å². The number of halogens is 1. The van der Waals surface area contributed by atoms with Crippen molar-refractivity contribution in [1.82, 2.24) is 0 Å². The Kier molecular flexibility index (Phi) is 5.91. The summed E-state index contributed by atoms with van der Waals surface area (Å²) in [5.74, 6) is -0.404. The first-order valence-electron chi connectivity index (χ1n) is 5.96. The number of unbranched alkanes of at least 4 members (excludes halogenated alkanes) is 1. The monoisotopic (exact) mass is 329 g/mol. The molecule has 0 aliphatic rings. The van der Waals surface area contributed by atoms with Crippen molar-refractivity contribution in [2.24, 2.45) is 5.73 Å². The molecule has 1 aromatic carbocycles. The van der Waals surface area contributed by atoms with Gasteiger partial charge < -0.3 is 11.1 Å². The van der Waals surface area contributed by atoms with Crippen LogP contribution in [0.15, 0.2) is 22.7 Å². The van der Waals surface area contributed by atoms with E-state index in [0.717, 1.165) is 12.8 Å². The Bertz CT molecular complexity index is 479. The molecular formula is C12H16BrN3O3. The van der Waals surface area contributed by atoms with Crippen molar-refractivity contribution in [1.29, 1.82) is 0 Å². The van der Waals surface area contributed by atoms with Crippen LogP contribution in [0.4, 0.5) is 11.4 Å². The summed E-state index contributed by atoms with van der Waals surface area (Å²) in [5.41, 5.74) is 5.71. The van der Waals surface area contributed by atoms with E-state index in [2.05, 4.69) is 21.2 Å². The smallest absolute Gasteiger partial charge is 0.293 e. The molecule has 7 heteroatoms. The third-order valence-electron chi connectivity index (χ3n) is 2.62. The minimum atomic E-state index is -0.650. The van der Waals surface area contributed by atoms with E-state index in [4.69, 9.17) is 5.73 Å². The van der Waals surface area contributed by atoms with Gasteiger partial charge in [-0.2, -0.15) is 0 Å². The molecule has 1 amide bonds. The van der Waals surface area contributed by atoms with E-state index in [1.807, 2.05) is 6.92 Å². The van der Waals surface area contributed by atoms with Gasteiger partial charge in [-0.15, -0.1) is 0 Å². The van der Waals surface area contributed by atoms with E-state index >= 15 is 0 Å². The van der Waals surface area contributed by atoms with Crippen LogP contribution in [-0.4, -0.2) is 16.9 Å². The summed E-state index contributed by atoms with van der Waals surface area (Å²) in [7, 11) is 0. The van der Waals surface area contributed by atoms with Gasteiger partial charge >= 0.3 is 0 Å². The molecule has 0 unspecified atom stereocenters. The van der Waals surface area contributed by atoms with Crippen LogP contribution in [0, 0.1) is 10.1 Å². The molecule has 0 heterocycles. The number of anilines is 1. The Morgan fingerprint density at radius 1 is 1.58 bits per heavy atom. The highest BCUT2D eigenvalue weighted by Gasteiger charge is 2.19. The van der Waals surface area contributed by atoms with E-state index in [1.54, 1.807) is 6.07 Å². The molecular weight excluding hydrogens is 314 g/mol. The van der Waals surface area contributed by atoms with E-state index in [9.17, 15) is 14.9 Å². The zero-order valence-electron chi connectivity index (χ0n) is 10.6. The number of hydrogen-bond acceptors (Lipinski definition) is 4. The number of amides is 1. The first kappa shape index (κ1) is 15.6. The largest absolute Gasteiger partial charge is 0.320 e. The predicted molar refractivity (Wildman–Crippen MR) is 76.9 cm³/mol. The third-order valence-corrected chi connectivity index (χ3v) is 3.11. The van der Waals surface area contributed by atoms with Crippen molar-refractivity contribution in [2.75, 3.05) is 5.32 Å². The number of nitro benzene ring substituents is 1. The van der Waals surface area contributed by atoms with Crippen LogP contribution < -0.4 is 11.1 Å². The van der Waals surface area contributed by atoms with Gasteiger partial charge in [0, 0.05) is 10.5 Å². The fraction of sp³-hybridized carbons (Fsp3) is 0.417. The second-order valence-electron chi connectivity index (χ2n) is 4.16. The van der Waals surface area contributed by atoms with Crippen LogP contribution in [0.2, 0.25) is 0 Å². The zero-order chi connectivity index (χ0) is 14.4. The van der Waals surface area contributed by atoms with E-state index in [1.165, 1.54) is 12.1 Å². The molecule has 6 nitrogen and oxygen atoms in total. The summed E-state index contributed by atoms with van der Waals surface area (Å²) in [6, 6.07) is 3.79. The van der Waals surface area contributed by atoms with Crippen LogP contribution >= 0.6 is 15.9 Å². The quantitative estimate of drug-likeness (QED) is 0.619. The molecule has 1 rings (SSSR count). The second kappa shape index (κ2) is 7.20. The number of rotatable bonds is 6. The van der Waals surface area contributed by atoms with Crippen LogP contribution in [0.3, 0.4) is 0 Å². The Labute approximate surface area is 119 Å². The molecule has 1 aromatic rings. The number of nitrogens with zero attached hydrogens (tertiary/aromatic N) is 1. The van der Waals surface area contributed by atoms with Gasteiger partial charge in [-0.3, -0.25) is 14.9 Å². The number of benzene rings is 1. The Balaban J connectivity index is 2.81. The molecule has 0 saturated carbocycles. The Morgan fingerprint density at radius 2 is 2.26 bits per heavy atom. The topological polar surface area (TPSA) is 98.3 Å². The summed E-state index contributed by atoms with van der Waals surface area (Å²) in [4.78, 5) is 22.2. The second-order valence-corrected chi connectivity index (χ2v) is 5.07. The average Bonchev–Trinajstić information content (AvgIpc) is 2.37. The van der Waals surface area contributed by atoms with Gasteiger partial charge in [-0.25, -0.2) is 0 Å². The van der Waals surface area contributed by atoms with Gasteiger partial charge in [0.15, 0.2) is 0 Å². The molecule has 19 heavy (non-hydrogen) atoms. The van der Waals surface area contributed by atoms with Gasteiger partial charge in [0.05, 0.1) is 11.0 Å². The highest BCUT2D eigenvalue weighted by Crippen LogP contribution is 2.28. The van der Waals surface area contributed by atoms with Crippen LogP contribution in [-0.2, 0) is 4.79 Å². The fourth-order valence-electron chi connectivity index (χ4n) is 1.54. The number of nitro groups is 1. The molecule has 0 fully saturated rings. The van der Waals surface area contributed by atoms with Gasteiger partial charge in [-0.1, -0.05) is 35.7 Å². The summed E-state index contributed by atoms with van der Waals surface area (Å²) in [5, 5.41) is 13.4. The summed E-state index contributed by atoms with van der Waals surface area (Å²) >= 11 is 3.15. The maximum atomic E-state index is 11.8. The first-order chi connectivity index (χ1) is 8.95. The standard InChI is InChI=1S/C12H16BrN3O3/c1-2-3-4-9(14)12(17)15-10-6-5-8(13)7-11(10)16(18)19/h5-7,9H,2-4,14H2,1H3,(H,15,17)/t9-/m0/s1. The van der Waals surface area contributed by atoms with Crippen LogP contribution in [0.25, 0.3) is 0 Å². The maximum absolute atomic E-state index is 11.8. The molecule has 0 aliphatic heterocycles. The van der Waals surface area contributed by atoms with Crippen LogP contribution in [0.1, 0.15) is 26.2 Å². The van der Waals surface area contributed by atoms with Gasteiger partial charge in [0.2, 0.25) is 5.91 Å². The van der Waals surface area contributed by atoms with Gasteiger partial charge in [0.1, 0.15) is 5.69 Å². The molecule has 1 atom stereocenters. The molecule has 0 radical (unpaired) electrons. The molecule has 0 bridgehead atoms. The molecule has 3 N–H and O–H groups in total. The highest BCUT2D eigenvalue weighted by molar-refractivity contribution is 9.10. The van der Waals surface area contributed by atoms with E-state index in [0.29, 0.717) is 10.9 Å². The predicted octanol–water partition coefficient (Wildman–Crippen LogP) is 2.81. The normalized spacial score (nSPS) is 11.9. The molecule has 0 aromatic heterocycles. The van der Waals surface area contributed by atoms with Crippen molar-refractivity contribution in [3.05, 3.63) is 32.8 Å². The molecule has 104 valence electrons. The van der Waals surface area contributed by atoms with Crippen molar-refractivity contribution >= 4 is 33.2 Å². The van der Waals surface area contributed by atoms with Gasteiger partial charge in [0.25, 0.3) is 5.69 Å². The maximum Gasteiger partial charge on any atom is 0.293 e. The van der Waals surface area contributed by atoms with E-state index < -0.39 is 16.9 Å². The third kappa shape index (κ3) is 4.60. The summed E-state index contributed by atoms with van der Waals surface area (Å²) in [6.45, 7) is 2.00. The minimum Gasteiger partial charge on any atom is -0.320 e. The Morgan fingerprint density at radius 3 is 2.84 bits per heavy atom. The van der Waals surface area contributed by atoms with Crippen molar-refractivity contribution < 1.29 is 9.72 Å². The fourth-order valence-corrected chi connectivity index (χ4v) is 1.89. The zero-order valence-corrected chi connectivity index (χ0v) is 12.1. The van der Waals surface area contributed by atoms with Crippen molar-refractivity contribution in [2.45, 2.75) is 32.2 Å². The number of carbonyl (C=O) groups excluding carboxylic acids is 1. The van der Waals surface area contributed by atoms with Crippen LogP contribution in [0.5, 0.6) is 0 Å². The van der Waals surface area contributed by atoms with Gasteiger partial charge in [-0.05, 0) is 18.6 Å². The lowest BCUT2D eigenvalue weighted by Gasteiger charge is -2.12. The molecule has 0 saturated heterocycles. The number of hydrogen-bond donors (Lipinski definition) is 2. The first-order valence-corrected chi connectivity index (χ1v) is 6.75. The highest BCUT2D eigenvalue weighted by atomic mass is 79.9. The Hall–Kier alpha value is -1.47. The molecule has 0 aliphatic carbocycles. The van der Waals surface area contributed by atoms with E-state index in [-0.39, 0.29) is 11.4 Å². The van der Waals surface area contributed by atoms with Crippen molar-refractivity contribution in [3.63, 3.8) is 0 Å². The summed E-state index contributed by atoms with van der Waals surface area (Å²) < 4.78 is 0.576. The SMILES string of the molecule is CCCC[C@H](N)C(=O)Nc1ccc(Br)cc1[N+](=O)[O-]. The minimum absolute atomic E-state index is 0.158. The number of nitrogens with two attached hydrogens (primary N) is 1. The lowest BCUT2D eigenvalue weighted by molar-refractivity contribution is -0.384.